The summed E-state index contributed by atoms with van der Waals surface area (Å²) in [6.07, 6.45) is 1.39. The summed E-state index contributed by atoms with van der Waals surface area (Å²) in [7, 11) is 0. The molecule has 0 spiro atoms. The van der Waals surface area contributed by atoms with Gasteiger partial charge in [0, 0.05) is 11.5 Å². The van der Waals surface area contributed by atoms with Gasteiger partial charge in [0.1, 0.15) is 5.75 Å². The Morgan fingerprint density at radius 1 is 1.27 bits per heavy atom. The lowest BCUT2D eigenvalue weighted by Gasteiger charge is -1.94. The van der Waals surface area contributed by atoms with Crippen LogP contribution < -0.4 is 0 Å². The third-order valence-electron chi connectivity index (χ3n) is 1.49. The van der Waals surface area contributed by atoms with Crippen molar-refractivity contribution in [2.24, 2.45) is 0 Å². The molecule has 2 rings (SSSR count). The average Bonchev–Trinajstić information content (AvgIpc) is 2.04. The van der Waals surface area contributed by atoms with E-state index in [-0.39, 0.29) is 5.75 Å². The Balaban J connectivity index is 2.83. The number of aromatic hydroxyl groups is 1. The SMILES string of the molecule is Oc1[c]c2ccccc2nc1. The van der Waals surface area contributed by atoms with Gasteiger partial charge in [-0.15, -0.1) is 0 Å². The molecule has 1 aromatic heterocycles. The molecule has 1 radical (unpaired) electrons. The maximum atomic E-state index is 9.01. The summed E-state index contributed by atoms with van der Waals surface area (Å²) in [6.45, 7) is 0. The molecule has 2 heteroatoms. The van der Waals surface area contributed by atoms with E-state index in [1.165, 1.54) is 6.20 Å². The van der Waals surface area contributed by atoms with E-state index in [9.17, 15) is 0 Å². The molecule has 1 heterocycles. The maximum Gasteiger partial charge on any atom is 0.142 e. The maximum absolute atomic E-state index is 9.01. The summed E-state index contributed by atoms with van der Waals surface area (Å²) in [5.41, 5.74) is 0.852. The molecule has 0 atom stereocenters. The molecule has 53 valence electrons. The topological polar surface area (TPSA) is 33.1 Å². The Hall–Kier alpha value is -1.57. The minimum absolute atomic E-state index is 0.0868. The molecule has 0 amide bonds. The lowest BCUT2D eigenvalue weighted by Crippen LogP contribution is -1.76. The predicted octanol–water partition coefficient (Wildman–Crippen LogP) is 1.74. The van der Waals surface area contributed by atoms with Crippen LogP contribution in [0.15, 0.2) is 30.5 Å². The van der Waals surface area contributed by atoms with Crippen LogP contribution in [0.25, 0.3) is 10.9 Å². The smallest absolute Gasteiger partial charge is 0.142 e. The van der Waals surface area contributed by atoms with Crippen LogP contribution >= 0.6 is 0 Å². The van der Waals surface area contributed by atoms with Crippen LogP contribution in [0, 0.1) is 6.07 Å². The molecule has 0 aliphatic rings. The lowest BCUT2D eigenvalue weighted by molar-refractivity contribution is 0.473. The number of rotatable bonds is 0. The highest BCUT2D eigenvalue weighted by molar-refractivity contribution is 5.78. The summed E-state index contributed by atoms with van der Waals surface area (Å²) < 4.78 is 0. The van der Waals surface area contributed by atoms with Crippen molar-refractivity contribution in [2.75, 3.05) is 0 Å². The molecule has 0 unspecified atom stereocenters. The monoisotopic (exact) mass is 144 g/mol. The van der Waals surface area contributed by atoms with Gasteiger partial charge in [0.2, 0.25) is 0 Å². The third kappa shape index (κ3) is 1.03. The molecule has 1 aromatic carbocycles. The van der Waals surface area contributed by atoms with Gasteiger partial charge in [-0.2, -0.15) is 0 Å². The van der Waals surface area contributed by atoms with Crippen LogP contribution in [0.3, 0.4) is 0 Å². The molecule has 0 aliphatic heterocycles. The van der Waals surface area contributed by atoms with Gasteiger partial charge in [0.15, 0.2) is 0 Å². The first kappa shape index (κ1) is 6.16. The first-order chi connectivity index (χ1) is 5.36. The second-order valence-electron chi connectivity index (χ2n) is 2.29. The van der Waals surface area contributed by atoms with Crippen LogP contribution in [0.1, 0.15) is 0 Å². The van der Waals surface area contributed by atoms with E-state index < -0.39 is 0 Å². The molecule has 2 aromatic rings. The van der Waals surface area contributed by atoms with E-state index >= 15 is 0 Å². The minimum atomic E-state index is 0.0868. The highest BCUT2D eigenvalue weighted by atomic mass is 16.3. The Morgan fingerprint density at radius 3 is 3.00 bits per heavy atom. The molecule has 11 heavy (non-hydrogen) atoms. The number of pyridine rings is 1. The standard InChI is InChI=1S/C9H6NO/c11-8-5-7-3-1-2-4-9(7)10-6-8/h1-4,6,11H. The van der Waals surface area contributed by atoms with Gasteiger partial charge in [-0.1, -0.05) is 18.2 Å². The summed E-state index contributed by atoms with van der Waals surface area (Å²) in [5.74, 6) is 0.0868. The van der Waals surface area contributed by atoms with Gasteiger partial charge in [0.05, 0.1) is 11.7 Å². The molecular weight excluding hydrogens is 138 g/mol. The number of para-hydroxylation sites is 1. The molecule has 0 saturated carbocycles. The van der Waals surface area contributed by atoms with Crippen molar-refractivity contribution in [3.63, 3.8) is 0 Å². The number of aromatic nitrogens is 1. The fourth-order valence-corrected chi connectivity index (χ4v) is 0.993. The molecule has 0 bridgehead atoms. The van der Waals surface area contributed by atoms with E-state index in [2.05, 4.69) is 11.1 Å². The summed E-state index contributed by atoms with van der Waals surface area (Å²) >= 11 is 0. The van der Waals surface area contributed by atoms with E-state index in [0.29, 0.717) is 0 Å². The van der Waals surface area contributed by atoms with Crippen molar-refractivity contribution in [3.8, 4) is 5.75 Å². The van der Waals surface area contributed by atoms with Crippen molar-refractivity contribution < 1.29 is 5.11 Å². The molecule has 1 N–H and O–H groups in total. The van der Waals surface area contributed by atoms with Gasteiger partial charge < -0.3 is 5.11 Å². The highest BCUT2D eigenvalue weighted by Crippen LogP contribution is 2.14. The molecule has 0 saturated heterocycles. The van der Waals surface area contributed by atoms with Crippen molar-refractivity contribution in [1.82, 2.24) is 4.98 Å². The second-order valence-corrected chi connectivity index (χ2v) is 2.29. The van der Waals surface area contributed by atoms with Gasteiger partial charge in [0.25, 0.3) is 0 Å². The molecule has 0 fully saturated rings. The number of fused-ring (bicyclic) bond motifs is 1. The van der Waals surface area contributed by atoms with Crippen LogP contribution in [0.5, 0.6) is 5.75 Å². The minimum Gasteiger partial charge on any atom is -0.506 e. The Kier molecular flexibility index (Phi) is 1.25. The van der Waals surface area contributed by atoms with Crippen molar-refractivity contribution in [3.05, 3.63) is 36.5 Å². The van der Waals surface area contributed by atoms with E-state index in [1.54, 1.807) is 0 Å². The van der Waals surface area contributed by atoms with Crippen LogP contribution in [0.4, 0.5) is 0 Å². The third-order valence-corrected chi connectivity index (χ3v) is 1.49. The van der Waals surface area contributed by atoms with Crippen LogP contribution in [-0.2, 0) is 0 Å². The lowest BCUT2D eigenvalue weighted by atomic mass is 10.2. The summed E-state index contributed by atoms with van der Waals surface area (Å²) in [5, 5.41) is 9.85. The van der Waals surface area contributed by atoms with Gasteiger partial charge in [-0.3, -0.25) is 4.98 Å². The predicted molar refractivity (Wildman–Crippen MR) is 42.2 cm³/mol. The van der Waals surface area contributed by atoms with Crippen molar-refractivity contribution in [1.29, 1.82) is 0 Å². The molecular formula is C9H6NO. The number of benzene rings is 1. The molecule has 2 nitrogen and oxygen atoms in total. The summed E-state index contributed by atoms with van der Waals surface area (Å²) in [4.78, 5) is 4.00. The first-order valence-electron chi connectivity index (χ1n) is 3.32. The normalized spacial score (nSPS) is 10.2. The largest absolute Gasteiger partial charge is 0.506 e. The second kappa shape index (κ2) is 2.23. The number of nitrogens with zero attached hydrogens (tertiary/aromatic N) is 1. The van der Waals surface area contributed by atoms with Crippen LogP contribution in [-0.4, -0.2) is 10.1 Å². The van der Waals surface area contributed by atoms with E-state index in [4.69, 9.17) is 5.11 Å². The zero-order valence-corrected chi connectivity index (χ0v) is 5.78. The Morgan fingerprint density at radius 2 is 2.09 bits per heavy atom. The van der Waals surface area contributed by atoms with E-state index in [0.717, 1.165) is 10.9 Å². The van der Waals surface area contributed by atoms with Gasteiger partial charge in [-0.25, -0.2) is 0 Å². The quantitative estimate of drug-likeness (QED) is 0.611. The Bertz CT molecular complexity index is 384. The van der Waals surface area contributed by atoms with Gasteiger partial charge >= 0.3 is 0 Å². The number of hydrogen-bond donors (Lipinski definition) is 1. The molecule has 0 aliphatic carbocycles. The van der Waals surface area contributed by atoms with Crippen molar-refractivity contribution >= 4 is 10.9 Å². The summed E-state index contributed by atoms with van der Waals surface area (Å²) in [6, 6.07) is 10.3. The zero-order valence-electron chi connectivity index (χ0n) is 5.78. The van der Waals surface area contributed by atoms with Crippen molar-refractivity contribution in [2.45, 2.75) is 0 Å². The fourth-order valence-electron chi connectivity index (χ4n) is 0.993. The fraction of sp³-hybridized carbons (Fsp3) is 0. The number of hydrogen-bond acceptors (Lipinski definition) is 2. The Labute approximate surface area is 64.1 Å². The van der Waals surface area contributed by atoms with Crippen LogP contribution in [0.2, 0.25) is 0 Å². The first-order valence-corrected chi connectivity index (χ1v) is 3.32. The van der Waals surface area contributed by atoms with Gasteiger partial charge in [-0.05, 0) is 6.07 Å². The van der Waals surface area contributed by atoms with E-state index in [1.807, 2.05) is 24.3 Å². The highest BCUT2D eigenvalue weighted by Gasteiger charge is 1.93. The average molecular weight is 144 g/mol. The zero-order chi connectivity index (χ0) is 7.68.